The van der Waals surface area contributed by atoms with Crippen LogP contribution in [0, 0.1) is 6.92 Å². The van der Waals surface area contributed by atoms with Crippen molar-refractivity contribution in [2.75, 3.05) is 5.32 Å². The Labute approximate surface area is 192 Å². The van der Waals surface area contributed by atoms with Gasteiger partial charge in [0.25, 0.3) is 0 Å². The van der Waals surface area contributed by atoms with Crippen LogP contribution in [0.4, 0.5) is 24.8 Å². The summed E-state index contributed by atoms with van der Waals surface area (Å²) in [6.45, 7) is 3.72. The molecule has 0 saturated heterocycles. The summed E-state index contributed by atoms with van der Waals surface area (Å²) in [7, 11) is 0. The molecular formula is C23H19F3N6O2. The topological polar surface area (TPSA) is 106 Å². The second kappa shape index (κ2) is 8.93. The SMILES string of the molecule is Cc1cc(Nc2cc(C(F)(F)F)ccn2)nc(-c2cn([C@H](C)c3ccc(C(=O)O)cc3)nn2)c1. The lowest BCUT2D eigenvalue weighted by atomic mass is 10.1. The van der Waals surface area contributed by atoms with Crippen LogP contribution >= 0.6 is 0 Å². The van der Waals surface area contributed by atoms with E-state index < -0.39 is 17.7 Å². The molecule has 3 aromatic heterocycles. The number of halogens is 3. The average molecular weight is 468 g/mol. The van der Waals surface area contributed by atoms with Gasteiger partial charge in [-0.1, -0.05) is 17.3 Å². The summed E-state index contributed by atoms with van der Waals surface area (Å²) >= 11 is 0. The normalized spacial score (nSPS) is 12.4. The number of pyridine rings is 2. The van der Waals surface area contributed by atoms with Gasteiger partial charge < -0.3 is 10.4 Å². The lowest BCUT2D eigenvalue weighted by Crippen LogP contribution is -2.08. The number of aryl methyl sites for hydroxylation is 1. The minimum Gasteiger partial charge on any atom is -0.478 e. The number of nitrogens with one attached hydrogen (secondary N) is 1. The summed E-state index contributed by atoms with van der Waals surface area (Å²) in [5, 5.41) is 20.2. The number of anilines is 2. The van der Waals surface area contributed by atoms with Crippen molar-refractivity contribution in [2.45, 2.75) is 26.1 Å². The van der Waals surface area contributed by atoms with Crippen LogP contribution in [0.3, 0.4) is 0 Å². The number of aromatic nitrogens is 5. The Kier molecular flexibility index (Phi) is 6.01. The van der Waals surface area contributed by atoms with Gasteiger partial charge in [0.1, 0.15) is 17.3 Å². The Morgan fingerprint density at radius 3 is 2.47 bits per heavy atom. The maximum Gasteiger partial charge on any atom is 0.416 e. The molecule has 0 aliphatic rings. The first-order valence-corrected chi connectivity index (χ1v) is 10.1. The Hall–Kier alpha value is -4.28. The lowest BCUT2D eigenvalue weighted by Gasteiger charge is -2.12. The van der Waals surface area contributed by atoms with E-state index in [2.05, 4.69) is 25.6 Å². The number of rotatable bonds is 6. The van der Waals surface area contributed by atoms with Crippen molar-refractivity contribution >= 4 is 17.6 Å². The number of hydrogen-bond acceptors (Lipinski definition) is 6. The predicted molar refractivity (Wildman–Crippen MR) is 118 cm³/mol. The van der Waals surface area contributed by atoms with Crippen LogP contribution in [0.2, 0.25) is 0 Å². The van der Waals surface area contributed by atoms with Crippen molar-refractivity contribution in [3.63, 3.8) is 0 Å². The van der Waals surface area contributed by atoms with E-state index in [1.54, 1.807) is 35.1 Å². The molecule has 0 fully saturated rings. The zero-order valence-electron chi connectivity index (χ0n) is 18.1. The van der Waals surface area contributed by atoms with E-state index >= 15 is 0 Å². The molecule has 11 heteroatoms. The van der Waals surface area contributed by atoms with Crippen LogP contribution in [0.5, 0.6) is 0 Å². The van der Waals surface area contributed by atoms with Crippen molar-refractivity contribution in [2.24, 2.45) is 0 Å². The van der Waals surface area contributed by atoms with Crippen LogP contribution < -0.4 is 5.32 Å². The monoisotopic (exact) mass is 468 g/mol. The highest BCUT2D eigenvalue weighted by Gasteiger charge is 2.30. The van der Waals surface area contributed by atoms with E-state index in [0.717, 1.165) is 29.5 Å². The van der Waals surface area contributed by atoms with Crippen molar-refractivity contribution in [3.8, 4) is 11.4 Å². The second-order valence-corrected chi connectivity index (χ2v) is 7.65. The van der Waals surface area contributed by atoms with Crippen molar-refractivity contribution in [3.05, 3.63) is 83.2 Å². The van der Waals surface area contributed by atoms with Gasteiger partial charge in [0.2, 0.25) is 0 Å². The molecule has 8 nitrogen and oxygen atoms in total. The third-order valence-electron chi connectivity index (χ3n) is 5.12. The number of carboxylic acid groups (broad SMARTS) is 1. The zero-order chi connectivity index (χ0) is 24.5. The number of benzene rings is 1. The highest BCUT2D eigenvalue weighted by molar-refractivity contribution is 5.87. The van der Waals surface area contributed by atoms with E-state index in [1.165, 1.54) is 12.1 Å². The summed E-state index contributed by atoms with van der Waals surface area (Å²) in [6.07, 6.45) is -1.70. The summed E-state index contributed by atoms with van der Waals surface area (Å²) < 4.78 is 40.6. The van der Waals surface area contributed by atoms with E-state index in [-0.39, 0.29) is 17.4 Å². The molecule has 0 radical (unpaired) electrons. The van der Waals surface area contributed by atoms with Crippen LogP contribution in [0.25, 0.3) is 11.4 Å². The molecule has 0 saturated carbocycles. The molecule has 4 rings (SSSR count). The molecule has 1 atom stereocenters. The minimum absolute atomic E-state index is 0.0148. The second-order valence-electron chi connectivity index (χ2n) is 7.65. The fraction of sp³-hybridized carbons (Fsp3) is 0.174. The van der Waals surface area contributed by atoms with E-state index in [1.807, 2.05) is 13.8 Å². The first-order valence-electron chi connectivity index (χ1n) is 10.1. The summed E-state index contributed by atoms with van der Waals surface area (Å²) in [5.74, 6) is -0.674. The lowest BCUT2D eigenvalue weighted by molar-refractivity contribution is -0.137. The van der Waals surface area contributed by atoms with Gasteiger partial charge in [-0.2, -0.15) is 13.2 Å². The fourth-order valence-corrected chi connectivity index (χ4v) is 3.31. The molecule has 0 amide bonds. The molecular weight excluding hydrogens is 449 g/mol. The van der Waals surface area contributed by atoms with Crippen LogP contribution in [-0.2, 0) is 6.18 Å². The molecule has 2 N–H and O–H groups in total. The summed E-state index contributed by atoms with van der Waals surface area (Å²) in [4.78, 5) is 19.4. The molecule has 1 aromatic carbocycles. The maximum atomic E-state index is 13.0. The number of alkyl halides is 3. The van der Waals surface area contributed by atoms with Gasteiger partial charge >= 0.3 is 12.1 Å². The smallest absolute Gasteiger partial charge is 0.416 e. The highest BCUT2D eigenvalue weighted by Crippen LogP contribution is 2.31. The van der Waals surface area contributed by atoms with E-state index in [4.69, 9.17) is 5.11 Å². The summed E-state index contributed by atoms with van der Waals surface area (Å²) in [5.41, 5.74) is 1.98. The zero-order valence-corrected chi connectivity index (χ0v) is 18.1. The quantitative estimate of drug-likeness (QED) is 0.405. The highest BCUT2D eigenvalue weighted by atomic mass is 19.4. The molecule has 0 unspecified atom stereocenters. The molecule has 34 heavy (non-hydrogen) atoms. The number of nitrogens with zero attached hydrogens (tertiary/aromatic N) is 5. The predicted octanol–water partition coefficient (Wildman–Crippen LogP) is 5.11. The number of carbonyl (C=O) groups is 1. The van der Waals surface area contributed by atoms with Gasteiger partial charge in [0, 0.05) is 6.20 Å². The first kappa shape index (κ1) is 22.9. The molecule has 0 spiro atoms. The minimum atomic E-state index is -4.48. The van der Waals surface area contributed by atoms with Crippen molar-refractivity contribution < 1.29 is 23.1 Å². The Morgan fingerprint density at radius 1 is 1.06 bits per heavy atom. The van der Waals surface area contributed by atoms with Gasteiger partial charge in [-0.05, 0) is 61.4 Å². The molecule has 0 aliphatic heterocycles. The molecule has 4 aromatic rings. The largest absolute Gasteiger partial charge is 0.478 e. The van der Waals surface area contributed by atoms with Gasteiger partial charge in [0.05, 0.1) is 29.1 Å². The van der Waals surface area contributed by atoms with Crippen LogP contribution in [0.15, 0.2) is 60.9 Å². The standard InChI is InChI=1S/C23H19F3N6O2/c1-13-9-18(28-21(10-13)29-20-11-17(7-8-27-20)23(24,25)26)19-12-32(31-30-19)14(2)15-3-5-16(6-4-15)22(33)34/h3-12,14H,1-2H3,(H,33,34)(H,27,28,29)/t14-/m1/s1. The molecule has 0 bridgehead atoms. The third kappa shape index (κ3) is 5.03. The van der Waals surface area contributed by atoms with Gasteiger partial charge in [-0.3, -0.25) is 0 Å². The van der Waals surface area contributed by atoms with E-state index in [9.17, 15) is 18.0 Å². The van der Waals surface area contributed by atoms with Crippen LogP contribution in [-0.4, -0.2) is 36.0 Å². The van der Waals surface area contributed by atoms with E-state index in [0.29, 0.717) is 17.2 Å². The molecule has 174 valence electrons. The Bertz CT molecular complexity index is 1340. The number of carboxylic acids is 1. The van der Waals surface area contributed by atoms with Crippen LogP contribution in [0.1, 0.15) is 40.0 Å². The average Bonchev–Trinajstić information content (AvgIpc) is 3.28. The molecule has 0 aliphatic carbocycles. The number of aromatic carboxylic acids is 1. The number of hydrogen-bond donors (Lipinski definition) is 2. The van der Waals surface area contributed by atoms with Crippen molar-refractivity contribution in [1.29, 1.82) is 0 Å². The summed E-state index contributed by atoms with van der Waals surface area (Å²) in [6, 6.07) is 11.5. The van der Waals surface area contributed by atoms with Gasteiger partial charge in [-0.25, -0.2) is 19.4 Å². The van der Waals surface area contributed by atoms with Gasteiger partial charge in [-0.15, -0.1) is 5.10 Å². The van der Waals surface area contributed by atoms with Gasteiger partial charge in [0.15, 0.2) is 0 Å². The fourth-order valence-electron chi connectivity index (χ4n) is 3.31. The van der Waals surface area contributed by atoms with Crippen molar-refractivity contribution in [1.82, 2.24) is 25.0 Å². The first-order chi connectivity index (χ1) is 16.1. The Balaban J connectivity index is 1.57. The third-order valence-corrected chi connectivity index (χ3v) is 5.12. The Morgan fingerprint density at radius 2 is 1.79 bits per heavy atom. The maximum absolute atomic E-state index is 13.0. The molecule has 3 heterocycles.